The lowest BCUT2D eigenvalue weighted by atomic mass is 10.3. The maximum absolute atomic E-state index is 10.9. The Bertz CT molecular complexity index is 281. The van der Waals surface area contributed by atoms with Crippen LogP contribution in [0.4, 0.5) is 0 Å². The van der Waals surface area contributed by atoms with Crippen molar-refractivity contribution in [2.24, 2.45) is 0 Å². The van der Waals surface area contributed by atoms with E-state index in [9.17, 15) is 4.79 Å². The molecule has 4 heteroatoms. The minimum atomic E-state index is 0.0696. The summed E-state index contributed by atoms with van der Waals surface area (Å²) in [6, 6.07) is 0. The van der Waals surface area contributed by atoms with E-state index in [0.717, 1.165) is 12.1 Å². The maximum atomic E-state index is 10.9. The normalized spacial score (nSPS) is 10.0. The summed E-state index contributed by atoms with van der Waals surface area (Å²) in [5.74, 6) is 0.733. The van der Waals surface area contributed by atoms with Gasteiger partial charge in [0.05, 0.1) is 5.69 Å². The van der Waals surface area contributed by atoms with E-state index in [0.29, 0.717) is 18.9 Å². The average Bonchev–Trinajstić information content (AvgIpc) is 2.51. The Kier molecular flexibility index (Phi) is 3.49. The molecule has 0 saturated heterocycles. The number of aryl methyl sites for hydroxylation is 1. The molecule has 0 atom stereocenters. The van der Waals surface area contributed by atoms with Crippen LogP contribution >= 0.6 is 0 Å². The summed E-state index contributed by atoms with van der Waals surface area (Å²) in [6.45, 7) is 4.25. The fraction of sp³-hybridized carbons (Fsp3) is 0.556. The Balaban J connectivity index is 2.24. The van der Waals surface area contributed by atoms with Gasteiger partial charge < -0.3 is 9.73 Å². The van der Waals surface area contributed by atoms with Gasteiger partial charge in [-0.1, -0.05) is 6.92 Å². The summed E-state index contributed by atoms with van der Waals surface area (Å²) < 4.78 is 5.02. The Morgan fingerprint density at radius 2 is 2.46 bits per heavy atom. The van der Waals surface area contributed by atoms with Gasteiger partial charge in [-0.15, -0.1) is 0 Å². The van der Waals surface area contributed by atoms with Crippen LogP contribution in [0.25, 0.3) is 0 Å². The number of hydrogen-bond donors (Lipinski definition) is 1. The molecule has 1 amide bonds. The number of nitrogens with zero attached hydrogens (tertiary/aromatic N) is 1. The number of amides is 1. The fourth-order valence-electron chi connectivity index (χ4n) is 0.978. The van der Waals surface area contributed by atoms with Gasteiger partial charge in [-0.2, -0.15) is 0 Å². The maximum Gasteiger partial charge on any atom is 0.219 e. The third kappa shape index (κ3) is 3.27. The first-order valence-electron chi connectivity index (χ1n) is 4.40. The number of carbonyl (C=O) groups is 1. The van der Waals surface area contributed by atoms with Gasteiger partial charge in [-0.25, -0.2) is 4.98 Å². The molecule has 13 heavy (non-hydrogen) atoms. The summed E-state index contributed by atoms with van der Waals surface area (Å²) in [6.07, 6.45) is 2.87. The number of nitrogens with one attached hydrogen (secondary N) is 1. The van der Waals surface area contributed by atoms with Crippen molar-refractivity contribution in [3.63, 3.8) is 0 Å². The van der Waals surface area contributed by atoms with Gasteiger partial charge in [0.15, 0.2) is 5.89 Å². The molecule has 1 heterocycles. The molecule has 1 N–H and O–H groups in total. The summed E-state index contributed by atoms with van der Waals surface area (Å²) in [7, 11) is 0. The van der Waals surface area contributed by atoms with E-state index in [1.54, 1.807) is 13.2 Å². The van der Waals surface area contributed by atoms with Gasteiger partial charge in [-0.05, 0) is 0 Å². The largest absolute Gasteiger partial charge is 0.449 e. The van der Waals surface area contributed by atoms with Crippen molar-refractivity contribution in [1.29, 1.82) is 0 Å². The SMILES string of the molecule is CCC(=O)NCCc1coc(C)n1. The lowest BCUT2D eigenvalue weighted by Gasteiger charge is -1.99. The van der Waals surface area contributed by atoms with E-state index in [4.69, 9.17) is 4.42 Å². The molecule has 0 aromatic carbocycles. The smallest absolute Gasteiger partial charge is 0.219 e. The van der Waals surface area contributed by atoms with Gasteiger partial charge in [0.2, 0.25) is 5.91 Å². The number of carbonyl (C=O) groups excluding carboxylic acids is 1. The zero-order chi connectivity index (χ0) is 9.68. The van der Waals surface area contributed by atoms with Crippen LogP contribution in [0, 0.1) is 6.92 Å². The molecule has 0 unspecified atom stereocenters. The summed E-state index contributed by atoms with van der Waals surface area (Å²) in [4.78, 5) is 15.0. The third-order valence-corrected chi connectivity index (χ3v) is 1.69. The topological polar surface area (TPSA) is 55.1 Å². The lowest BCUT2D eigenvalue weighted by Crippen LogP contribution is -2.24. The highest BCUT2D eigenvalue weighted by Crippen LogP contribution is 1.99. The molecule has 1 rings (SSSR count). The molecule has 0 spiro atoms. The monoisotopic (exact) mass is 182 g/mol. The molecule has 0 aliphatic rings. The van der Waals surface area contributed by atoms with E-state index in [1.807, 2.05) is 6.92 Å². The molecule has 0 fully saturated rings. The summed E-state index contributed by atoms with van der Waals surface area (Å²) in [5, 5.41) is 2.77. The van der Waals surface area contributed by atoms with E-state index in [2.05, 4.69) is 10.3 Å². The molecule has 0 saturated carbocycles. The Labute approximate surface area is 77.3 Å². The molecule has 0 radical (unpaired) electrons. The molecule has 4 nitrogen and oxygen atoms in total. The molecule has 0 aliphatic carbocycles. The first kappa shape index (κ1) is 9.77. The second-order valence-corrected chi connectivity index (χ2v) is 2.81. The zero-order valence-electron chi connectivity index (χ0n) is 7.96. The van der Waals surface area contributed by atoms with Crippen molar-refractivity contribution in [3.05, 3.63) is 17.8 Å². The predicted molar refractivity (Wildman–Crippen MR) is 48.2 cm³/mol. The van der Waals surface area contributed by atoms with Gasteiger partial charge in [0, 0.05) is 26.3 Å². The van der Waals surface area contributed by atoms with E-state index in [1.165, 1.54) is 0 Å². The molecular weight excluding hydrogens is 168 g/mol. The first-order chi connectivity index (χ1) is 6.22. The van der Waals surface area contributed by atoms with Crippen LogP contribution in [-0.2, 0) is 11.2 Å². The van der Waals surface area contributed by atoms with Gasteiger partial charge in [0.1, 0.15) is 6.26 Å². The second kappa shape index (κ2) is 4.64. The predicted octanol–water partition coefficient (Wildman–Crippen LogP) is 1.05. The number of oxazole rings is 1. The average molecular weight is 182 g/mol. The molecular formula is C9H14N2O2. The second-order valence-electron chi connectivity index (χ2n) is 2.81. The molecule has 72 valence electrons. The molecule has 1 aromatic rings. The standard InChI is InChI=1S/C9H14N2O2/c1-3-9(12)10-5-4-8-6-13-7(2)11-8/h6H,3-5H2,1-2H3,(H,10,12). The molecule has 0 bridgehead atoms. The summed E-state index contributed by atoms with van der Waals surface area (Å²) >= 11 is 0. The zero-order valence-corrected chi connectivity index (χ0v) is 7.96. The Hall–Kier alpha value is -1.32. The summed E-state index contributed by atoms with van der Waals surface area (Å²) in [5.41, 5.74) is 0.883. The third-order valence-electron chi connectivity index (χ3n) is 1.69. The minimum Gasteiger partial charge on any atom is -0.449 e. The lowest BCUT2D eigenvalue weighted by molar-refractivity contribution is -0.120. The van der Waals surface area contributed by atoms with Crippen molar-refractivity contribution in [2.45, 2.75) is 26.7 Å². The Morgan fingerprint density at radius 1 is 1.69 bits per heavy atom. The van der Waals surface area contributed by atoms with Crippen LogP contribution in [0.5, 0.6) is 0 Å². The quantitative estimate of drug-likeness (QED) is 0.757. The van der Waals surface area contributed by atoms with Crippen molar-refractivity contribution in [2.75, 3.05) is 6.54 Å². The van der Waals surface area contributed by atoms with Crippen molar-refractivity contribution in [1.82, 2.24) is 10.3 Å². The van der Waals surface area contributed by atoms with Crippen LogP contribution in [-0.4, -0.2) is 17.4 Å². The Morgan fingerprint density at radius 3 is 3.00 bits per heavy atom. The van der Waals surface area contributed by atoms with Gasteiger partial charge >= 0.3 is 0 Å². The van der Waals surface area contributed by atoms with Gasteiger partial charge in [0.25, 0.3) is 0 Å². The van der Waals surface area contributed by atoms with Crippen LogP contribution in [0.1, 0.15) is 24.9 Å². The van der Waals surface area contributed by atoms with E-state index >= 15 is 0 Å². The highest BCUT2D eigenvalue weighted by Gasteiger charge is 2.00. The van der Waals surface area contributed by atoms with E-state index in [-0.39, 0.29) is 5.91 Å². The van der Waals surface area contributed by atoms with Crippen LogP contribution in [0.2, 0.25) is 0 Å². The fourth-order valence-corrected chi connectivity index (χ4v) is 0.978. The molecule has 0 aliphatic heterocycles. The van der Waals surface area contributed by atoms with Gasteiger partial charge in [-0.3, -0.25) is 4.79 Å². The molecule has 1 aromatic heterocycles. The number of rotatable bonds is 4. The highest BCUT2D eigenvalue weighted by atomic mass is 16.3. The highest BCUT2D eigenvalue weighted by molar-refractivity contribution is 5.75. The van der Waals surface area contributed by atoms with Crippen molar-refractivity contribution >= 4 is 5.91 Å². The van der Waals surface area contributed by atoms with Crippen molar-refractivity contribution < 1.29 is 9.21 Å². The van der Waals surface area contributed by atoms with Crippen LogP contribution in [0.15, 0.2) is 10.7 Å². The van der Waals surface area contributed by atoms with Crippen LogP contribution < -0.4 is 5.32 Å². The number of aromatic nitrogens is 1. The van der Waals surface area contributed by atoms with Crippen LogP contribution in [0.3, 0.4) is 0 Å². The van der Waals surface area contributed by atoms with E-state index < -0.39 is 0 Å². The first-order valence-corrected chi connectivity index (χ1v) is 4.40. The number of hydrogen-bond acceptors (Lipinski definition) is 3. The van der Waals surface area contributed by atoms with Crippen molar-refractivity contribution in [3.8, 4) is 0 Å². The minimum absolute atomic E-state index is 0.0696.